The van der Waals surface area contributed by atoms with Crippen LogP contribution in [-0.4, -0.2) is 50.9 Å². The Kier molecular flexibility index (Phi) is 11.4. The Morgan fingerprint density at radius 1 is 0.851 bits per heavy atom. The second-order valence-electron chi connectivity index (χ2n) is 11.5. The lowest BCUT2D eigenvalue weighted by molar-refractivity contribution is -0.140. The zero-order chi connectivity index (χ0) is 33.4. The number of hydrogen-bond donors (Lipinski definition) is 1. The van der Waals surface area contributed by atoms with E-state index in [1.165, 1.54) is 24.1 Å². The average molecular weight is 695 g/mol. The van der Waals surface area contributed by atoms with Gasteiger partial charge in [-0.3, -0.25) is 13.9 Å². The molecule has 0 radical (unpaired) electrons. The first-order valence-electron chi connectivity index (χ1n) is 15.5. The summed E-state index contributed by atoms with van der Waals surface area (Å²) in [6, 6.07) is 27.9. The molecule has 1 saturated carbocycles. The van der Waals surface area contributed by atoms with Crippen LogP contribution in [0.5, 0.6) is 5.75 Å². The molecule has 8 nitrogen and oxygen atoms in total. The molecule has 2 amide bonds. The second-order valence-corrected chi connectivity index (χ2v) is 14.2. The van der Waals surface area contributed by atoms with Crippen molar-refractivity contribution in [2.75, 3.05) is 18.0 Å². The first-order valence-corrected chi connectivity index (χ1v) is 17.6. The molecular formula is C36H37Cl2N3O5S. The van der Waals surface area contributed by atoms with Crippen molar-refractivity contribution in [3.05, 3.63) is 124 Å². The minimum absolute atomic E-state index is 0.00680. The third kappa shape index (κ3) is 8.66. The molecule has 0 bridgehead atoms. The first-order chi connectivity index (χ1) is 22.7. The molecule has 4 aromatic carbocycles. The summed E-state index contributed by atoms with van der Waals surface area (Å²) in [4.78, 5) is 30.2. The molecule has 1 aliphatic rings. The van der Waals surface area contributed by atoms with Gasteiger partial charge in [0, 0.05) is 19.0 Å². The Morgan fingerprint density at radius 2 is 1.49 bits per heavy atom. The summed E-state index contributed by atoms with van der Waals surface area (Å²) in [5.41, 5.74) is 1.77. The zero-order valence-corrected chi connectivity index (χ0v) is 28.3. The Balaban J connectivity index is 1.57. The predicted octanol–water partition coefficient (Wildman–Crippen LogP) is 6.90. The molecule has 1 atom stereocenters. The van der Waals surface area contributed by atoms with Crippen molar-refractivity contribution in [1.82, 2.24) is 10.2 Å². The number of carbonyl (C=O) groups is 2. The molecule has 0 aromatic heterocycles. The molecule has 1 N–H and O–H groups in total. The molecule has 11 heteroatoms. The normalized spacial score (nSPS) is 13.9. The Morgan fingerprint density at radius 3 is 2.11 bits per heavy atom. The van der Waals surface area contributed by atoms with Crippen molar-refractivity contribution in [2.45, 2.75) is 55.6 Å². The van der Waals surface area contributed by atoms with E-state index in [2.05, 4.69) is 5.32 Å². The number of halogens is 2. The quantitative estimate of drug-likeness (QED) is 0.164. The fourth-order valence-electron chi connectivity index (χ4n) is 5.75. The van der Waals surface area contributed by atoms with Gasteiger partial charge in [-0.25, -0.2) is 8.42 Å². The van der Waals surface area contributed by atoms with Gasteiger partial charge in [0.25, 0.3) is 10.0 Å². The molecule has 0 aliphatic heterocycles. The molecule has 0 heterocycles. The summed E-state index contributed by atoms with van der Waals surface area (Å²) in [6.45, 7) is -0.569. The summed E-state index contributed by atoms with van der Waals surface area (Å²) in [5, 5.41) is 3.83. The maximum atomic E-state index is 14.6. The SMILES string of the molecule is COc1ccc(N(CC(=O)N(Cc2ccc(Cl)c(Cl)c2)[C@H](Cc2ccccc2)C(=O)NC2CCCC2)S(=O)(=O)c2ccccc2)cc1. The number of anilines is 1. The summed E-state index contributed by atoms with van der Waals surface area (Å²) < 4.78 is 34.6. The fourth-order valence-corrected chi connectivity index (χ4v) is 7.51. The van der Waals surface area contributed by atoms with E-state index in [4.69, 9.17) is 27.9 Å². The van der Waals surface area contributed by atoms with Gasteiger partial charge in [0.15, 0.2) is 0 Å². The molecule has 47 heavy (non-hydrogen) atoms. The van der Waals surface area contributed by atoms with E-state index in [1.54, 1.807) is 60.7 Å². The van der Waals surface area contributed by atoms with Gasteiger partial charge < -0.3 is 15.0 Å². The van der Waals surface area contributed by atoms with Gasteiger partial charge in [-0.2, -0.15) is 0 Å². The maximum absolute atomic E-state index is 14.6. The first kappa shape index (κ1) is 34.3. The molecule has 1 aliphatic carbocycles. The number of rotatable bonds is 13. The van der Waals surface area contributed by atoms with Crippen LogP contribution in [0.2, 0.25) is 10.0 Å². The van der Waals surface area contributed by atoms with Gasteiger partial charge >= 0.3 is 0 Å². The van der Waals surface area contributed by atoms with Crippen molar-refractivity contribution in [3.63, 3.8) is 0 Å². The van der Waals surface area contributed by atoms with E-state index in [0.717, 1.165) is 35.6 Å². The molecule has 0 saturated heterocycles. The van der Waals surface area contributed by atoms with Gasteiger partial charge in [0.05, 0.1) is 27.7 Å². The van der Waals surface area contributed by atoms with Crippen LogP contribution in [0.25, 0.3) is 0 Å². The number of amides is 2. The molecule has 5 rings (SSSR count). The fraction of sp³-hybridized carbons (Fsp3) is 0.278. The van der Waals surface area contributed by atoms with Crippen LogP contribution >= 0.6 is 23.2 Å². The number of benzene rings is 4. The molecular weight excluding hydrogens is 657 g/mol. The summed E-state index contributed by atoms with van der Waals surface area (Å²) in [6.07, 6.45) is 4.00. The number of hydrogen-bond acceptors (Lipinski definition) is 5. The van der Waals surface area contributed by atoms with Crippen LogP contribution in [0.15, 0.2) is 108 Å². The largest absolute Gasteiger partial charge is 0.497 e. The highest BCUT2D eigenvalue weighted by atomic mass is 35.5. The van der Waals surface area contributed by atoms with Crippen molar-refractivity contribution in [3.8, 4) is 5.75 Å². The standard InChI is InChI=1S/C36H37Cl2N3O5S/c1-46-30-19-17-29(18-20-30)41(47(44,45)31-14-6-3-7-15-31)25-35(42)40(24-27-16-21-32(37)33(38)22-27)34(23-26-10-4-2-5-11-26)36(43)39-28-12-8-9-13-28/h2-7,10-11,14-22,28,34H,8-9,12-13,23-25H2,1H3,(H,39,43)/t34-/m1/s1. The maximum Gasteiger partial charge on any atom is 0.264 e. The topological polar surface area (TPSA) is 96.0 Å². The predicted molar refractivity (Wildman–Crippen MR) is 185 cm³/mol. The number of sulfonamides is 1. The molecule has 4 aromatic rings. The van der Waals surface area contributed by atoms with Crippen LogP contribution in [0.3, 0.4) is 0 Å². The Bertz CT molecular complexity index is 1770. The lowest BCUT2D eigenvalue weighted by Crippen LogP contribution is -2.54. The highest BCUT2D eigenvalue weighted by molar-refractivity contribution is 7.92. The third-order valence-electron chi connectivity index (χ3n) is 8.28. The minimum Gasteiger partial charge on any atom is -0.497 e. The number of nitrogens with zero attached hydrogens (tertiary/aromatic N) is 2. The van der Waals surface area contributed by atoms with Crippen molar-refractivity contribution < 1.29 is 22.7 Å². The summed E-state index contributed by atoms with van der Waals surface area (Å²) in [5.74, 6) is -0.324. The van der Waals surface area contributed by atoms with Crippen LogP contribution in [-0.2, 0) is 32.6 Å². The van der Waals surface area contributed by atoms with E-state index in [1.807, 2.05) is 30.3 Å². The highest BCUT2D eigenvalue weighted by Gasteiger charge is 2.35. The van der Waals surface area contributed by atoms with E-state index >= 15 is 0 Å². The summed E-state index contributed by atoms with van der Waals surface area (Å²) >= 11 is 12.6. The number of nitrogens with one attached hydrogen (secondary N) is 1. The van der Waals surface area contributed by atoms with Crippen LogP contribution in [0.1, 0.15) is 36.8 Å². The van der Waals surface area contributed by atoms with E-state index < -0.39 is 28.5 Å². The van der Waals surface area contributed by atoms with Gasteiger partial charge in [0.1, 0.15) is 18.3 Å². The van der Waals surface area contributed by atoms with Crippen molar-refractivity contribution >= 4 is 50.7 Å². The minimum atomic E-state index is -4.21. The summed E-state index contributed by atoms with van der Waals surface area (Å²) in [7, 11) is -2.69. The van der Waals surface area contributed by atoms with Gasteiger partial charge in [-0.15, -0.1) is 0 Å². The van der Waals surface area contributed by atoms with Crippen LogP contribution in [0.4, 0.5) is 5.69 Å². The van der Waals surface area contributed by atoms with Crippen LogP contribution in [0, 0.1) is 0 Å². The van der Waals surface area contributed by atoms with Crippen molar-refractivity contribution in [2.24, 2.45) is 0 Å². The van der Waals surface area contributed by atoms with E-state index in [-0.39, 0.29) is 35.5 Å². The number of methoxy groups -OCH3 is 1. The average Bonchev–Trinajstić information content (AvgIpc) is 3.60. The van der Waals surface area contributed by atoms with Gasteiger partial charge in [0.2, 0.25) is 11.8 Å². The highest BCUT2D eigenvalue weighted by Crippen LogP contribution is 2.28. The number of carbonyl (C=O) groups excluding carboxylic acids is 2. The van der Waals surface area contributed by atoms with Crippen LogP contribution < -0.4 is 14.4 Å². The Hall–Kier alpha value is -4.05. The van der Waals surface area contributed by atoms with E-state index in [0.29, 0.717) is 21.4 Å². The lowest BCUT2D eigenvalue weighted by Gasteiger charge is -2.34. The van der Waals surface area contributed by atoms with Crippen molar-refractivity contribution in [1.29, 1.82) is 0 Å². The number of ether oxygens (including phenoxy) is 1. The van der Waals surface area contributed by atoms with Gasteiger partial charge in [-0.05, 0) is 72.5 Å². The Labute approximate surface area is 286 Å². The lowest BCUT2D eigenvalue weighted by atomic mass is 10.0. The zero-order valence-electron chi connectivity index (χ0n) is 26.0. The molecule has 246 valence electrons. The third-order valence-corrected chi connectivity index (χ3v) is 10.8. The second kappa shape index (κ2) is 15.7. The molecule has 1 fully saturated rings. The van der Waals surface area contributed by atoms with E-state index in [9.17, 15) is 18.0 Å². The molecule has 0 spiro atoms. The monoisotopic (exact) mass is 693 g/mol. The van der Waals surface area contributed by atoms with Gasteiger partial charge in [-0.1, -0.05) is 90.6 Å². The smallest absolute Gasteiger partial charge is 0.264 e. The molecule has 0 unspecified atom stereocenters.